The minimum absolute atomic E-state index is 0.252. The Morgan fingerprint density at radius 1 is 1.19 bits per heavy atom. The van der Waals surface area contributed by atoms with Crippen molar-refractivity contribution in [1.29, 1.82) is 0 Å². The number of halogens is 1. The Morgan fingerprint density at radius 3 is 2.59 bits per heavy atom. The number of fused-ring (bicyclic) bond motifs is 1. The molecule has 1 fully saturated rings. The molecule has 0 spiro atoms. The average molecular weight is 397 g/mol. The maximum absolute atomic E-state index is 6.21. The van der Waals surface area contributed by atoms with E-state index in [9.17, 15) is 0 Å². The van der Waals surface area contributed by atoms with E-state index in [1.807, 2.05) is 11.6 Å². The normalized spacial score (nSPS) is 15.4. The highest BCUT2D eigenvalue weighted by Crippen LogP contribution is 2.26. The summed E-state index contributed by atoms with van der Waals surface area (Å²) in [5, 5.41) is 0.252. The molecule has 0 N–H and O–H groups in total. The number of aromatic nitrogens is 4. The molecule has 0 atom stereocenters. The largest absolute Gasteiger partial charge is 0.383 e. The van der Waals surface area contributed by atoms with Crippen molar-refractivity contribution >= 4 is 28.6 Å². The van der Waals surface area contributed by atoms with Gasteiger partial charge >= 0.3 is 0 Å². The smallest absolute Gasteiger partial charge is 0.226 e. The molecule has 0 saturated carbocycles. The maximum Gasteiger partial charge on any atom is 0.226 e. The van der Waals surface area contributed by atoms with Gasteiger partial charge in [-0.15, -0.1) is 0 Å². The van der Waals surface area contributed by atoms with Crippen LogP contribution in [0.4, 0.5) is 5.82 Å². The summed E-state index contributed by atoms with van der Waals surface area (Å²) in [5.41, 5.74) is 1.59. The molecule has 9 heteroatoms. The molecule has 2 aromatic heterocycles. The number of ether oxygens (including phenoxy) is 2. The van der Waals surface area contributed by atoms with E-state index in [-0.39, 0.29) is 5.28 Å². The average Bonchev–Trinajstić information content (AvgIpc) is 2.97. The molecule has 0 aromatic carbocycles. The number of methoxy groups -OCH3 is 1. The van der Waals surface area contributed by atoms with E-state index >= 15 is 0 Å². The summed E-state index contributed by atoms with van der Waals surface area (Å²) in [4.78, 5) is 18.3. The summed E-state index contributed by atoms with van der Waals surface area (Å²) in [6.45, 7) is 9.88. The fourth-order valence-corrected chi connectivity index (χ4v) is 3.53. The van der Waals surface area contributed by atoms with Gasteiger partial charge < -0.3 is 18.9 Å². The minimum Gasteiger partial charge on any atom is -0.383 e. The Morgan fingerprint density at radius 2 is 1.93 bits per heavy atom. The standard InChI is InChI=1S/C18H29ClN6O2/c1-13(2)24(7-10-26-4)6-5-14-20-15-16(23(14)3)21-18(19)22-17(15)25-8-11-27-12-9-25/h13H,5-12H2,1-4H3. The van der Waals surface area contributed by atoms with Crippen LogP contribution in [0.3, 0.4) is 0 Å². The van der Waals surface area contributed by atoms with Crippen LogP contribution in [0.2, 0.25) is 5.28 Å². The molecular formula is C18H29ClN6O2. The number of anilines is 1. The molecule has 150 valence electrons. The van der Waals surface area contributed by atoms with Crippen LogP contribution in [0.5, 0.6) is 0 Å². The zero-order valence-corrected chi connectivity index (χ0v) is 17.4. The van der Waals surface area contributed by atoms with Gasteiger partial charge in [-0.3, -0.25) is 4.90 Å². The molecule has 27 heavy (non-hydrogen) atoms. The number of aryl methyl sites for hydroxylation is 1. The SMILES string of the molecule is COCCN(CCc1nc2c(N3CCOCC3)nc(Cl)nc2n1C)C(C)C. The minimum atomic E-state index is 0.252. The summed E-state index contributed by atoms with van der Waals surface area (Å²) in [6.07, 6.45) is 0.828. The number of morpholine rings is 1. The van der Waals surface area contributed by atoms with Gasteiger partial charge in [0.1, 0.15) is 5.82 Å². The molecule has 8 nitrogen and oxygen atoms in total. The van der Waals surface area contributed by atoms with Gasteiger partial charge in [0, 0.05) is 52.8 Å². The fraction of sp³-hybridized carbons (Fsp3) is 0.722. The third-order valence-corrected chi connectivity index (χ3v) is 5.18. The molecule has 2 aromatic rings. The zero-order chi connectivity index (χ0) is 19.4. The van der Waals surface area contributed by atoms with Crippen LogP contribution in [0.15, 0.2) is 0 Å². The summed E-state index contributed by atoms with van der Waals surface area (Å²) >= 11 is 6.21. The van der Waals surface area contributed by atoms with Crippen LogP contribution in [-0.2, 0) is 22.9 Å². The number of hydrogen-bond acceptors (Lipinski definition) is 7. The van der Waals surface area contributed by atoms with Crippen molar-refractivity contribution < 1.29 is 9.47 Å². The molecule has 3 heterocycles. The van der Waals surface area contributed by atoms with Gasteiger partial charge in [-0.2, -0.15) is 9.97 Å². The lowest BCUT2D eigenvalue weighted by Gasteiger charge is -2.27. The third-order valence-electron chi connectivity index (χ3n) is 5.01. The van der Waals surface area contributed by atoms with Gasteiger partial charge in [0.2, 0.25) is 5.28 Å². The number of hydrogen-bond donors (Lipinski definition) is 0. The molecule has 1 aliphatic rings. The first-order chi connectivity index (χ1) is 13.0. The maximum atomic E-state index is 6.21. The van der Waals surface area contributed by atoms with Crippen LogP contribution in [0.1, 0.15) is 19.7 Å². The van der Waals surface area contributed by atoms with Crippen LogP contribution >= 0.6 is 11.6 Å². The molecule has 0 aliphatic carbocycles. The Balaban J connectivity index is 1.85. The van der Waals surface area contributed by atoms with Crippen LogP contribution in [-0.4, -0.2) is 83.6 Å². The van der Waals surface area contributed by atoms with E-state index in [0.29, 0.717) is 19.3 Å². The van der Waals surface area contributed by atoms with Crippen molar-refractivity contribution in [3.63, 3.8) is 0 Å². The molecule has 0 radical (unpaired) electrons. The Labute approximate surface area is 165 Å². The third kappa shape index (κ3) is 4.68. The first-order valence-electron chi connectivity index (χ1n) is 9.45. The predicted molar refractivity (Wildman–Crippen MR) is 107 cm³/mol. The second kappa shape index (κ2) is 9.14. The zero-order valence-electron chi connectivity index (χ0n) is 16.6. The summed E-state index contributed by atoms with van der Waals surface area (Å²) < 4.78 is 12.7. The first-order valence-corrected chi connectivity index (χ1v) is 9.83. The molecule has 3 rings (SSSR count). The van der Waals surface area contributed by atoms with E-state index in [0.717, 1.165) is 62.0 Å². The van der Waals surface area contributed by atoms with Crippen LogP contribution in [0.25, 0.3) is 11.2 Å². The Kier molecular flexibility index (Phi) is 6.86. The summed E-state index contributed by atoms with van der Waals surface area (Å²) in [6, 6.07) is 0.452. The quantitative estimate of drug-likeness (QED) is 0.629. The summed E-state index contributed by atoms with van der Waals surface area (Å²) in [7, 11) is 3.73. The summed E-state index contributed by atoms with van der Waals surface area (Å²) in [5.74, 6) is 1.79. The van der Waals surface area contributed by atoms with E-state index in [1.54, 1.807) is 7.11 Å². The highest BCUT2D eigenvalue weighted by molar-refractivity contribution is 6.28. The number of rotatable bonds is 8. The monoisotopic (exact) mass is 396 g/mol. The van der Waals surface area contributed by atoms with E-state index in [4.69, 9.17) is 26.1 Å². The fourth-order valence-electron chi connectivity index (χ4n) is 3.37. The van der Waals surface area contributed by atoms with Crippen molar-refractivity contribution in [1.82, 2.24) is 24.4 Å². The second-order valence-corrected chi connectivity index (χ2v) is 7.39. The van der Waals surface area contributed by atoms with Gasteiger partial charge in [0.15, 0.2) is 17.0 Å². The van der Waals surface area contributed by atoms with E-state index in [1.165, 1.54) is 0 Å². The van der Waals surface area contributed by atoms with Crippen molar-refractivity contribution in [2.24, 2.45) is 7.05 Å². The molecule has 0 amide bonds. The topological polar surface area (TPSA) is 68.5 Å². The Hall–Kier alpha value is -1.48. The lowest BCUT2D eigenvalue weighted by atomic mass is 10.2. The van der Waals surface area contributed by atoms with E-state index < -0.39 is 0 Å². The highest BCUT2D eigenvalue weighted by atomic mass is 35.5. The van der Waals surface area contributed by atoms with Gasteiger partial charge in [-0.25, -0.2) is 4.98 Å². The first kappa shape index (κ1) is 20.3. The molecule has 1 aliphatic heterocycles. The van der Waals surface area contributed by atoms with Crippen LogP contribution in [0, 0.1) is 0 Å². The highest BCUT2D eigenvalue weighted by Gasteiger charge is 2.22. The number of imidazole rings is 1. The van der Waals surface area contributed by atoms with Crippen molar-refractivity contribution in [2.75, 3.05) is 58.0 Å². The van der Waals surface area contributed by atoms with Gasteiger partial charge in [-0.05, 0) is 25.4 Å². The van der Waals surface area contributed by atoms with Gasteiger partial charge in [0.05, 0.1) is 19.8 Å². The van der Waals surface area contributed by atoms with E-state index in [2.05, 4.69) is 33.6 Å². The van der Waals surface area contributed by atoms with Gasteiger partial charge in [0.25, 0.3) is 0 Å². The second-order valence-electron chi connectivity index (χ2n) is 7.05. The number of nitrogens with zero attached hydrogens (tertiary/aromatic N) is 6. The van der Waals surface area contributed by atoms with Crippen molar-refractivity contribution in [3.8, 4) is 0 Å². The van der Waals surface area contributed by atoms with Crippen LogP contribution < -0.4 is 4.90 Å². The molecular weight excluding hydrogens is 368 g/mol. The van der Waals surface area contributed by atoms with Gasteiger partial charge in [-0.1, -0.05) is 0 Å². The lowest BCUT2D eigenvalue weighted by Crippen LogP contribution is -2.37. The van der Waals surface area contributed by atoms with Crippen molar-refractivity contribution in [2.45, 2.75) is 26.3 Å². The van der Waals surface area contributed by atoms with Crippen molar-refractivity contribution in [3.05, 3.63) is 11.1 Å². The predicted octanol–water partition coefficient (Wildman–Crippen LogP) is 1.75. The molecule has 1 saturated heterocycles. The Bertz CT molecular complexity index is 760. The lowest BCUT2D eigenvalue weighted by molar-refractivity contribution is 0.122. The molecule has 0 bridgehead atoms. The molecule has 0 unspecified atom stereocenters.